The molecule has 2 amide bonds. The first-order chi connectivity index (χ1) is 13.8. The Morgan fingerprint density at radius 3 is 2.62 bits per heavy atom. The van der Waals surface area contributed by atoms with Crippen LogP contribution >= 0.6 is 23.2 Å². The number of piperidine rings is 1. The summed E-state index contributed by atoms with van der Waals surface area (Å²) in [5.74, 6) is 0.199. The number of nitrogens with one attached hydrogen (secondary N) is 1. The van der Waals surface area contributed by atoms with E-state index in [4.69, 9.17) is 23.2 Å². The van der Waals surface area contributed by atoms with Crippen molar-refractivity contribution in [3.63, 3.8) is 0 Å². The summed E-state index contributed by atoms with van der Waals surface area (Å²) in [5, 5.41) is 13.8. The largest absolute Gasteiger partial charge is 0.508 e. The number of benzene rings is 2. The Morgan fingerprint density at radius 2 is 1.93 bits per heavy atom. The zero-order valence-electron chi connectivity index (χ0n) is 16.7. The lowest BCUT2D eigenvalue weighted by Crippen LogP contribution is -2.50. The maximum atomic E-state index is 13.3. The third kappa shape index (κ3) is 5.56. The number of amides is 2. The Balaban J connectivity index is 1.78. The van der Waals surface area contributed by atoms with Crippen molar-refractivity contribution in [3.05, 3.63) is 63.6 Å². The van der Waals surface area contributed by atoms with Gasteiger partial charge in [0, 0.05) is 12.6 Å². The fourth-order valence-corrected chi connectivity index (χ4v) is 4.20. The van der Waals surface area contributed by atoms with E-state index >= 15 is 0 Å². The van der Waals surface area contributed by atoms with E-state index in [1.807, 2.05) is 30.0 Å². The molecular formula is C22H27Cl2N3O2. The van der Waals surface area contributed by atoms with Crippen molar-refractivity contribution in [2.75, 3.05) is 20.1 Å². The molecular weight excluding hydrogens is 409 g/mol. The van der Waals surface area contributed by atoms with E-state index in [9.17, 15) is 9.90 Å². The molecule has 1 fully saturated rings. The maximum Gasteiger partial charge on any atom is 0.318 e. The van der Waals surface area contributed by atoms with Crippen LogP contribution in [0.2, 0.25) is 10.0 Å². The van der Waals surface area contributed by atoms with Crippen molar-refractivity contribution >= 4 is 29.2 Å². The standard InChI is InChI=1S/C22H27Cl2N3O2/c1-15(19-7-4-8-20(23)21(19)24)25-22(29)27(17-9-11-26(2)12-10-17)14-16-5-3-6-18(28)13-16/h3-8,13,15,17,28H,9-12,14H2,1-2H3,(H,25,29). The molecule has 7 heteroatoms. The average molecular weight is 436 g/mol. The number of halogens is 2. The van der Waals surface area contributed by atoms with Crippen molar-refractivity contribution in [3.8, 4) is 5.75 Å². The molecule has 1 unspecified atom stereocenters. The first kappa shape index (κ1) is 21.8. The molecule has 3 rings (SSSR count). The van der Waals surface area contributed by atoms with E-state index in [1.165, 1.54) is 0 Å². The first-order valence-corrected chi connectivity index (χ1v) is 10.6. The van der Waals surface area contributed by atoms with Crippen LogP contribution in [-0.2, 0) is 6.54 Å². The topological polar surface area (TPSA) is 55.8 Å². The molecule has 1 atom stereocenters. The van der Waals surface area contributed by atoms with Crippen molar-refractivity contribution in [2.45, 2.75) is 38.4 Å². The van der Waals surface area contributed by atoms with Gasteiger partial charge in [0.25, 0.3) is 0 Å². The van der Waals surface area contributed by atoms with Crippen LogP contribution < -0.4 is 5.32 Å². The molecule has 1 heterocycles. The Kier molecular flexibility index (Phi) is 7.28. The summed E-state index contributed by atoms with van der Waals surface area (Å²) in [4.78, 5) is 17.4. The molecule has 1 aliphatic rings. The van der Waals surface area contributed by atoms with Gasteiger partial charge in [-0.05, 0) is 69.2 Å². The number of nitrogens with zero attached hydrogens (tertiary/aromatic N) is 2. The number of hydrogen-bond acceptors (Lipinski definition) is 3. The van der Waals surface area contributed by atoms with Gasteiger partial charge < -0.3 is 20.2 Å². The molecule has 0 saturated carbocycles. The second kappa shape index (κ2) is 9.70. The third-order valence-electron chi connectivity index (χ3n) is 5.44. The molecule has 0 radical (unpaired) electrons. The van der Waals surface area contributed by atoms with Gasteiger partial charge in [-0.1, -0.05) is 47.5 Å². The van der Waals surface area contributed by atoms with Gasteiger partial charge in [0.2, 0.25) is 0 Å². The quantitative estimate of drug-likeness (QED) is 0.689. The predicted molar refractivity (Wildman–Crippen MR) is 118 cm³/mol. The SMILES string of the molecule is CC(NC(=O)N(Cc1cccc(O)c1)C1CCN(C)CC1)c1cccc(Cl)c1Cl. The summed E-state index contributed by atoms with van der Waals surface area (Å²) < 4.78 is 0. The monoisotopic (exact) mass is 435 g/mol. The highest BCUT2D eigenvalue weighted by molar-refractivity contribution is 6.42. The zero-order chi connectivity index (χ0) is 21.0. The van der Waals surface area contributed by atoms with Crippen molar-refractivity contribution in [1.29, 1.82) is 0 Å². The third-order valence-corrected chi connectivity index (χ3v) is 6.27. The van der Waals surface area contributed by atoms with E-state index in [0.717, 1.165) is 37.1 Å². The van der Waals surface area contributed by atoms with E-state index in [2.05, 4.69) is 17.3 Å². The number of urea groups is 1. The number of rotatable bonds is 5. The minimum Gasteiger partial charge on any atom is -0.508 e. The highest BCUT2D eigenvalue weighted by Gasteiger charge is 2.28. The van der Waals surface area contributed by atoms with Gasteiger partial charge in [-0.15, -0.1) is 0 Å². The molecule has 2 aromatic rings. The Morgan fingerprint density at radius 1 is 1.24 bits per heavy atom. The van der Waals surface area contributed by atoms with Crippen molar-refractivity contribution in [1.82, 2.24) is 15.1 Å². The lowest BCUT2D eigenvalue weighted by Gasteiger charge is -2.38. The number of carbonyl (C=O) groups is 1. The molecule has 0 spiro atoms. The average Bonchev–Trinajstić information content (AvgIpc) is 2.69. The summed E-state index contributed by atoms with van der Waals surface area (Å²) in [7, 11) is 2.10. The van der Waals surface area contributed by atoms with Gasteiger partial charge in [-0.25, -0.2) is 4.79 Å². The van der Waals surface area contributed by atoms with Crippen molar-refractivity contribution < 1.29 is 9.90 Å². The highest BCUT2D eigenvalue weighted by atomic mass is 35.5. The first-order valence-electron chi connectivity index (χ1n) is 9.82. The molecule has 2 N–H and O–H groups in total. The normalized spacial score (nSPS) is 16.4. The minimum absolute atomic E-state index is 0.135. The smallest absolute Gasteiger partial charge is 0.318 e. The number of phenols is 1. The number of likely N-dealkylation sites (tertiary alicyclic amines) is 1. The van der Waals surface area contributed by atoms with E-state index in [-0.39, 0.29) is 23.9 Å². The van der Waals surface area contributed by atoms with Gasteiger partial charge in [-0.2, -0.15) is 0 Å². The van der Waals surface area contributed by atoms with Crippen molar-refractivity contribution in [2.24, 2.45) is 0 Å². The molecule has 2 aromatic carbocycles. The molecule has 1 aliphatic heterocycles. The van der Waals surface area contributed by atoms with Crippen LogP contribution in [0.5, 0.6) is 5.75 Å². The Bertz CT molecular complexity index is 854. The van der Waals surface area contributed by atoms with Crippen LogP contribution in [0.25, 0.3) is 0 Å². The van der Waals surface area contributed by atoms with E-state index < -0.39 is 0 Å². The number of aromatic hydroxyl groups is 1. The maximum absolute atomic E-state index is 13.3. The van der Waals surface area contributed by atoms with Crippen LogP contribution in [0, 0.1) is 0 Å². The van der Waals surface area contributed by atoms with E-state index in [1.54, 1.807) is 24.3 Å². The molecule has 156 valence electrons. The van der Waals surface area contributed by atoms with Gasteiger partial charge in [0.1, 0.15) is 5.75 Å². The highest BCUT2D eigenvalue weighted by Crippen LogP contribution is 2.30. The number of carbonyl (C=O) groups excluding carboxylic acids is 1. The van der Waals surface area contributed by atoms with Gasteiger partial charge in [0.05, 0.1) is 16.1 Å². The molecule has 1 saturated heterocycles. The Hall–Kier alpha value is -1.95. The van der Waals surface area contributed by atoms with Crippen LogP contribution in [0.4, 0.5) is 4.79 Å². The Labute approximate surface area is 182 Å². The number of phenolic OH excluding ortho intramolecular Hbond substituents is 1. The van der Waals surface area contributed by atoms with Crippen LogP contribution in [0.15, 0.2) is 42.5 Å². The summed E-state index contributed by atoms with van der Waals surface area (Å²) in [6.07, 6.45) is 1.82. The summed E-state index contributed by atoms with van der Waals surface area (Å²) >= 11 is 12.5. The summed E-state index contributed by atoms with van der Waals surface area (Å²) in [6.45, 7) is 4.23. The molecule has 0 aromatic heterocycles. The second-order valence-electron chi connectivity index (χ2n) is 7.65. The van der Waals surface area contributed by atoms with Gasteiger partial charge in [-0.3, -0.25) is 0 Å². The predicted octanol–water partition coefficient (Wildman–Crippen LogP) is 5.07. The lowest BCUT2D eigenvalue weighted by molar-refractivity contribution is 0.125. The lowest BCUT2D eigenvalue weighted by atomic mass is 10.0. The molecule has 0 bridgehead atoms. The number of hydrogen-bond donors (Lipinski definition) is 2. The molecule has 29 heavy (non-hydrogen) atoms. The molecule has 0 aliphatic carbocycles. The molecule has 5 nitrogen and oxygen atoms in total. The fourth-order valence-electron chi connectivity index (χ4n) is 3.73. The van der Waals surface area contributed by atoms with Crippen LogP contribution in [0.3, 0.4) is 0 Å². The van der Waals surface area contributed by atoms with E-state index in [0.29, 0.717) is 16.6 Å². The minimum atomic E-state index is -0.286. The second-order valence-corrected chi connectivity index (χ2v) is 8.43. The zero-order valence-corrected chi connectivity index (χ0v) is 18.2. The fraction of sp³-hybridized carbons (Fsp3) is 0.409. The van der Waals surface area contributed by atoms with Crippen LogP contribution in [0.1, 0.15) is 36.9 Å². The summed E-state index contributed by atoms with van der Waals surface area (Å²) in [5.41, 5.74) is 1.68. The summed E-state index contributed by atoms with van der Waals surface area (Å²) in [6, 6.07) is 12.2. The van der Waals surface area contributed by atoms with Crippen LogP contribution in [-0.4, -0.2) is 47.1 Å². The van der Waals surface area contributed by atoms with Gasteiger partial charge >= 0.3 is 6.03 Å². The van der Waals surface area contributed by atoms with Gasteiger partial charge in [0.15, 0.2) is 0 Å².